The summed E-state index contributed by atoms with van der Waals surface area (Å²) in [4.78, 5) is 73.5. The molecule has 0 aliphatic carbocycles. The number of H-pyrrole nitrogens is 4. The molecule has 0 spiro atoms. The summed E-state index contributed by atoms with van der Waals surface area (Å²) < 4.78 is 0. The molecule has 0 saturated heterocycles. The first-order valence-electron chi connectivity index (χ1n) is 26.0. The van der Waals surface area contributed by atoms with Gasteiger partial charge in [-0.05, 0) is 0 Å². The minimum atomic E-state index is 0. The van der Waals surface area contributed by atoms with Gasteiger partial charge in [0.1, 0.15) is 45.2 Å². The normalized spacial score (nSPS) is 11.9. The maximum atomic E-state index is 5.02. The number of aromatic nitrogens is 16. The zero-order chi connectivity index (χ0) is 52.4. The Morgan fingerprint density at radius 3 is 0.420 bits per heavy atom. The van der Waals surface area contributed by atoms with Crippen molar-refractivity contribution < 1.29 is 39.9 Å². The Kier molecular flexibility index (Phi) is 10.7. The molecule has 81 heavy (non-hydrogen) atoms. The van der Waals surface area contributed by atoms with Gasteiger partial charge in [0.05, 0.1) is 0 Å². The van der Waals surface area contributed by atoms with Crippen molar-refractivity contribution in [3.63, 3.8) is 0 Å². The minimum absolute atomic E-state index is 0. The van der Waals surface area contributed by atoms with Crippen LogP contribution in [-0.4, -0.2) is 79.7 Å². The summed E-state index contributed by atoms with van der Waals surface area (Å²) in [5.41, 5.74) is 12.9. The molecule has 376 valence electrons. The quantitative estimate of drug-likeness (QED) is 0.111. The van der Waals surface area contributed by atoms with Crippen molar-refractivity contribution in [2.45, 2.75) is 0 Å². The van der Waals surface area contributed by atoms with Gasteiger partial charge < -0.3 is 19.9 Å². The predicted octanol–water partition coefficient (Wildman–Crippen LogP) is 13.7. The van der Waals surface area contributed by atoms with Crippen LogP contribution >= 0.6 is 0 Å². The molecule has 4 N–H and O–H groups in total. The van der Waals surface area contributed by atoms with E-state index in [1.54, 1.807) is 0 Å². The van der Waals surface area contributed by atoms with Gasteiger partial charge in [-0.3, -0.25) is 0 Å². The smallest absolute Gasteiger partial charge is 0.164 e. The summed E-state index contributed by atoms with van der Waals surface area (Å²) in [6, 6.07) is 64.5. The molecule has 0 radical (unpaired) electrons. The standard InChI is InChI=1S/2C32H18N8.Th/c2*1-2-10-18-17(9-1)25-33-26(18)38-28-21-13-5-6-14-22(21)30(35-28)40-32-24-16-8-7-15-23(24)31(36-32)39-29-20-12-4-3-11-19(20)27(34-29)37-25;/h2*1-16H,(H2,33,34,35,36,37,38,39,40);. The van der Waals surface area contributed by atoms with Crippen LogP contribution in [0.1, 0.15) is 0 Å². The van der Waals surface area contributed by atoms with E-state index in [-0.39, 0.29) is 39.9 Å². The molecule has 0 atom stereocenters. The third-order valence-electron chi connectivity index (χ3n) is 14.9. The molecule has 0 fully saturated rings. The topological polar surface area (TPSA) is 218 Å². The predicted molar refractivity (Wildman–Crippen MR) is 312 cm³/mol. The zero-order valence-corrected chi connectivity index (χ0v) is 46.5. The largest absolute Gasteiger partial charge is 0.324 e. The number of hydrogen-bond acceptors (Lipinski definition) is 12. The second kappa shape index (κ2) is 18.5. The van der Waals surface area contributed by atoms with Gasteiger partial charge in [0.15, 0.2) is 46.6 Å². The molecular weight excluding hydrogens is 1220 g/mol. The Labute approximate surface area is 489 Å². The molecule has 0 amide bonds. The van der Waals surface area contributed by atoms with E-state index in [1.807, 2.05) is 194 Å². The number of benzene rings is 8. The van der Waals surface area contributed by atoms with Crippen molar-refractivity contribution in [1.82, 2.24) is 79.7 Å². The van der Waals surface area contributed by atoms with E-state index in [0.29, 0.717) is 91.8 Å². The average molecular weight is 1260 g/mol. The van der Waals surface area contributed by atoms with Crippen LogP contribution in [0.15, 0.2) is 194 Å². The SMILES string of the molecule is [Th].c1ccc2c(c1)-c1nc-2nc2[nH]c(nc3nc(nc4[nH]c(n1)c1ccccc41)-c1ccccc1-3)c1ccccc21.c1ccc2c(c1)-c1nc-2nc2[nH]c(nc3nc(nc4[nH]c(n1)c1ccccc41)-c1ccccc1-3)c1ccccc21. The number of aromatic amines is 4. The van der Waals surface area contributed by atoms with Gasteiger partial charge in [0.2, 0.25) is 0 Å². The van der Waals surface area contributed by atoms with Crippen LogP contribution in [0.2, 0.25) is 0 Å². The van der Waals surface area contributed by atoms with E-state index in [1.165, 1.54) is 0 Å². The Balaban J connectivity index is 0.000000132. The molecule has 0 unspecified atom stereocenters. The average Bonchev–Trinajstić information content (AvgIpc) is 4.53. The number of nitrogens with one attached hydrogen (secondary N) is 4. The first kappa shape index (κ1) is 46.9. The monoisotopic (exact) mass is 1260 g/mol. The van der Waals surface area contributed by atoms with Crippen LogP contribution in [0.4, 0.5) is 0 Å². The summed E-state index contributed by atoms with van der Waals surface area (Å²) in [7, 11) is 0. The van der Waals surface area contributed by atoms with Crippen LogP contribution in [0.25, 0.3) is 179 Å². The van der Waals surface area contributed by atoms with E-state index in [2.05, 4.69) is 19.9 Å². The maximum absolute atomic E-state index is 5.02. The van der Waals surface area contributed by atoms with E-state index < -0.39 is 0 Å². The third kappa shape index (κ3) is 7.58. The molecule has 18 rings (SSSR count). The van der Waals surface area contributed by atoms with Gasteiger partial charge in [-0.2, -0.15) is 0 Å². The van der Waals surface area contributed by atoms with Crippen molar-refractivity contribution >= 4 is 88.3 Å². The van der Waals surface area contributed by atoms with E-state index >= 15 is 0 Å². The van der Waals surface area contributed by atoms with Crippen molar-refractivity contribution in [2.24, 2.45) is 0 Å². The van der Waals surface area contributed by atoms with Crippen LogP contribution in [0.5, 0.6) is 0 Å². The second-order valence-electron chi connectivity index (χ2n) is 19.6. The zero-order valence-electron chi connectivity index (χ0n) is 42.3. The Morgan fingerprint density at radius 2 is 0.284 bits per heavy atom. The molecule has 4 aliphatic rings. The molecule has 0 saturated carbocycles. The third-order valence-corrected chi connectivity index (χ3v) is 14.9. The number of hydrogen-bond donors (Lipinski definition) is 4. The Bertz CT molecular complexity index is 4390. The van der Waals surface area contributed by atoms with Crippen molar-refractivity contribution in [2.75, 3.05) is 0 Å². The van der Waals surface area contributed by atoms with Gasteiger partial charge in [-0.15, -0.1) is 0 Å². The van der Waals surface area contributed by atoms with Gasteiger partial charge in [0, 0.05) is 128 Å². The maximum Gasteiger partial charge on any atom is 0.164 e. The van der Waals surface area contributed by atoms with Crippen molar-refractivity contribution in [3.05, 3.63) is 194 Å². The van der Waals surface area contributed by atoms with Crippen molar-refractivity contribution in [1.29, 1.82) is 0 Å². The Morgan fingerprint density at radius 1 is 0.160 bits per heavy atom. The van der Waals surface area contributed by atoms with Crippen LogP contribution in [0.3, 0.4) is 0 Å². The minimum Gasteiger partial charge on any atom is -0.324 e. The molecule has 6 aromatic heterocycles. The molecule has 16 bridgehead atoms. The fourth-order valence-corrected chi connectivity index (χ4v) is 11.2. The first-order chi connectivity index (χ1) is 39.6. The fourth-order valence-electron chi connectivity index (χ4n) is 11.2. The molecule has 10 heterocycles. The number of rotatable bonds is 0. The molecule has 17 heteroatoms. The summed E-state index contributed by atoms with van der Waals surface area (Å²) in [6.07, 6.45) is 0. The van der Waals surface area contributed by atoms with Crippen LogP contribution in [0, 0.1) is 39.9 Å². The summed E-state index contributed by atoms with van der Waals surface area (Å²) in [5, 5.41) is 7.64. The summed E-state index contributed by atoms with van der Waals surface area (Å²) in [6.45, 7) is 0. The molecule has 14 aromatic rings. The fraction of sp³-hybridized carbons (Fsp3) is 0. The second-order valence-corrected chi connectivity index (χ2v) is 19.6. The van der Waals surface area contributed by atoms with Gasteiger partial charge in [-0.1, -0.05) is 194 Å². The number of nitrogens with zero attached hydrogens (tertiary/aromatic N) is 12. The van der Waals surface area contributed by atoms with E-state index in [4.69, 9.17) is 59.8 Å². The summed E-state index contributed by atoms with van der Waals surface area (Å²) in [5.74, 6) is 4.78. The molecular formula is C64H36N16Th. The number of fused-ring (bicyclic) bond motifs is 40. The molecule has 8 aromatic carbocycles. The van der Waals surface area contributed by atoms with Gasteiger partial charge >= 0.3 is 0 Å². The first-order valence-corrected chi connectivity index (χ1v) is 26.0. The van der Waals surface area contributed by atoms with Crippen LogP contribution in [-0.2, 0) is 0 Å². The van der Waals surface area contributed by atoms with E-state index in [0.717, 1.165) is 87.6 Å². The Hall–Kier alpha value is -10.2. The summed E-state index contributed by atoms with van der Waals surface area (Å²) >= 11 is 0. The molecule has 16 nitrogen and oxygen atoms in total. The van der Waals surface area contributed by atoms with Gasteiger partial charge in [0.25, 0.3) is 0 Å². The van der Waals surface area contributed by atoms with Crippen LogP contribution < -0.4 is 0 Å². The van der Waals surface area contributed by atoms with Crippen molar-refractivity contribution in [3.8, 4) is 91.1 Å². The molecule has 4 aliphatic heterocycles. The van der Waals surface area contributed by atoms with Gasteiger partial charge in [-0.25, -0.2) is 59.8 Å². The van der Waals surface area contributed by atoms with E-state index in [9.17, 15) is 0 Å².